The number of hydrogen-bond acceptors (Lipinski definition) is 0. The van der Waals surface area contributed by atoms with E-state index in [4.69, 9.17) is 0 Å². The van der Waals surface area contributed by atoms with Crippen molar-refractivity contribution >= 4 is 25.8 Å². The molecule has 53 heavy (non-hydrogen) atoms. The van der Waals surface area contributed by atoms with Crippen LogP contribution in [0.2, 0.25) is 0 Å². The molecule has 5 aliphatic rings. The quantitative estimate of drug-likeness (QED) is 0.182. The van der Waals surface area contributed by atoms with Crippen LogP contribution < -0.4 is 24.8 Å². The van der Waals surface area contributed by atoms with Crippen molar-refractivity contribution in [1.82, 2.24) is 0 Å². The molecule has 4 aromatic carbocycles. The molecule has 0 radical (unpaired) electrons. The van der Waals surface area contributed by atoms with Crippen molar-refractivity contribution < 1.29 is 62.2 Å². The first-order valence-electron chi connectivity index (χ1n) is 18.7. The third-order valence-electron chi connectivity index (χ3n) is 11.6. The Labute approximate surface area is 345 Å². The van der Waals surface area contributed by atoms with Gasteiger partial charge in [-0.1, -0.05) is 109 Å². The van der Waals surface area contributed by atoms with E-state index in [1.165, 1.54) is 81.0 Å². The van der Waals surface area contributed by atoms with Crippen molar-refractivity contribution in [3.05, 3.63) is 113 Å². The Morgan fingerprint density at radius 1 is 0.736 bits per heavy atom. The molecule has 0 saturated heterocycles. The van der Waals surface area contributed by atoms with Crippen molar-refractivity contribution in [3.8, 4) is 0 Å². The molecule has 6 heteroatoms. The Hall–Kier alpha value is -1.87. The Bertz CT molecular complexity index is 1760. The first-order chi connectivity index (χ1) is 23.9. The maximum absolute atomic E-state index is 11.8. The Kier molecular flexibility index (Phi) is 15.4. The summed E-state index contributed by atoms with van der Waals surface area (Å²) in [6, 6.07) is 23.1. The van der Waals surface area contributed by atoms with Gasteiger partial charge in [0, 0.05) is 0 Å². The maximum atomic E-state index is 11.8. The van der Waals surface area contributed by atoms with Crippen molar-refractivity contribution in [3.63, 3.8) is 0 Å². The van der Waals surface area contributed by atoms with E-state index < -0.39 is 11.7 Å². The van der Waals surface area contributed by atoms with Gasteiger partial charge in [0.2, 0.25) is 0 Å². The molecule has 0 spiro atoms. The average molecular weight is 840 g/mol. The summed E-state index contributed by atoms with van der Waals surface area (Å²) < 4.78 is 38.7. The molecule has 4 aromatic rings. The predicted molar refractivity (Wildman–Crippen MR) is 207 cm³/mol. The summed E-state index contributed by atoms with van der Waals surface area (Å²) >= 11 is 1.30. The van der Waals surface area contributed by atoms with Gasteiger partial charge < -0.3 is 24.8 Å². The molecule has 0 aliphatic heterocycles. The van der Waals surface area contributed by atoms with E-state index in [0.717, 1.165) is 29.9 Å². The summed E-state index contributed by atoms with van der Waals surface area (Å²) in [4.78, 5) is 0. The molecule has 4 bridgehead atoms. The zero-order valence-electron chi connectivity index (χ0n) is 32.8. The second-order valence-electron chi connectivity index (χ2n) is 17.9. The van der Waals surface area contributed by atoms with Gasteiger partial charge in [-0.15, -0.1) is 39.7 Å². The predicted octanol–water partition coefficient (Wildman–Crippen LogP) is 7.70. The van der Waals surface area contributed by atoms with Crippen molar-refractivity contribution in [2.45, 2.75) is 117 Å². The normalized spacial score (nSPS) is 24.3. The van der Waals surface area contributed by atoms with Gasteiger partial charge in [0.25, 0.3) is 0 Å². The third kappa shape index (κ3) is 11.1. The second kappa shape index (κ2) is 17.9. The van der Waals surface area contributed by atoms with E-state index in [9.17, 15) is 13.2 Å². The average Bonchev–Trinajstić information content (AvgIpc) is 3.57. The summed E-state index contributed by atoms with van der Waals surface area (Å²) in [6.07, 6.45) is 12.5. The summed E-state index contributed by atoms with van der Waals surface area (Å²) in [5, 5.41) is 5.48. The van der Waals surface area contributed by atoms with Crippen molar-refractivity contribution in [2.75, 3.05) is 0 Å². The zero-order chi connectivity index (χ0) is 37.4. The van der Waals surface area contributed by atoms with Crippen molar-refractivity contribution in [2.24, 2.45) is 29.1 Å². The molecule has 0 amide bonds. The second-order valence-corrected chi connectivity index (χ2v) is 17.9. The molecular formula is C47H56Cl2F3Zr-3. The first-order valence-corrected chi connectivity index (χ1v) is 20.5. The van der Waals surface area contributed by atoms with Crippen LogP contribution in [0.1, 0.15) is 117 Å². The van der Waals surface area contributed by atoms with E-state index in [1.807, 2.05) is 0 Å². The Morgan fingerprint density at radius 2 is 1.17 bits per heavy atom. The minimum Gasteiger partial charge on any atom is -1.00 e. The zero-order valence-corrected chi connectivity index (χ0v) is 36.8. The van der Waals surface area contributed by atoms with Gasteiger partial charge in [-0.05, 0) is 72.5 Å². The van der Waals surface area contributed by atoms with Gasteiger partial charge in [0.15, 0.2) is 0 Å². The summed E-state index contributed by atoms with van der Waals surface area (Å²) in [6.45, 7) is 18.2. The van der Waals surface area contributed by atoms with Crippen LogP contribution in [0.4, 0.5) is 13.2 Å². The van der Waals surface area contributed by atoms with E-state index in [0.29, 0.717) is 11.3 Å². The van der Waals surface area contributed by atoms with Crippen LogP contribution in [0.15, 0.2) is 84.0 Å². The molecule has 0 heterocycles. The summed E-state index contributed by atoms with van der Waals surface area (Å²) in [5.74, 6) is 3.82. The fourth-order valence-electron chi connectivity index (χ4n) is 9.54. The van der Waals surface area contributed by atoms with E-state index in [2.05, 4.69) is 120 Å². The van der Waals surface area contributed by atoms with E-state index >= 15 is 0 Å². The van der Waals surface area contributed by atoms with Crippen LogP contribution >= 0.6 is 0 Å². The van der Waals surface area contributed by atoms with Gasteiger partial charge in [-0.25, -0.2) is 5.57 Å². The smallest absolute Gasteiger partial charge is 1.00 e. The van der Waals surface area contributed by atoms with E-state index in [-0.39, 0.29) is 35.6 Å². The molecule has 0 nitrogen and oxygen atoms in total. The number of rotatable bonds is 2. The van der Waals surface area contributed by atoms with Crippen LogP contribution in [0, 0.1) is 41.2 Å². The molecule has 9 rings (SSSR count). The molecular weight excluding hydrogens is 784 g/mol. The Morgan fingerprint density at radius 3 is 1.51 bits per heavy atom. The monoisotopic (exact) mass is 837 g/mol. The number of allylic oxidation sites excluding steroid dienone is 4. The minimum atomic E-state index is -4.23. The molecule has 4 saturated carbocycles. The van der Waals surface area contributed by atoms with Gasteiger partial charge in [-0.2, -0.15) is 55.2 Å². The topological polar surface area (TPSA) is 0 Å². The molecule has 1 atom stereocenters. The number of alkyl halides is 3. The number of benzene rings is 3. The molecule has 0 N–H and O–H groups in total. The number of halogens is 5. The molecule has 5 aliphatic carbocycles. The van der Waals surface area contributed by atoms with Gasteiger partial charge in [-0.3, -0.25) is 6.08 Å². The fraction of sp³-hybridized carbons (Fsp3) is 0.489. The first kappa shape index (κ1) is 45.5. The van der Waals surface area contributed by atoms with Gasteiger partial charge in [0.05, 0.1) is 0 Å². The largest absolute Gasteiger partial charge is 1.00 e. The van der Waals surface area contributed by atoms with Gasteiger partial charge >= 0.3 is 34.6 Å². The summed E-state index contributed by atoms with van der Waals surface area (Å²) in [5.41, 5.74) is 6.38. The third-order valence-corrected chi connectivity index (χ3v) is 11.6. The number of hydrogen-bond donors (Lipinski definition) is 0. The standard InChI is InChI=1S/C21H25.C18H25.C7H4F3.CH2.2ClH.Zr/c1-20(2,3)16-7-9-18-14(12-16)11-15-13-17(21(4,5)6)8-10-19(15)18;1-12-3-13(2)17(4-12)11-18-8-14-5-15(9-18)7-16(6-14)10-18;8-7(9,10)6-4-2-1-3-5-6;;;;/h7-13H,1-6H3;4,12,14-16H,5-11H2,1-2H3;2-5H;1H2;2*1H;/q3*-1;;;;+2/p-2. The Balaban J connectivity index is 0.000000216. The molecule has 0 aromatic heterocycles. The molecule has 1 unspecified atom stereocenters. The van der Waals surface area contributed by atoms with Crippen LogP contribution in [-0.4, -0.2) is 4.21 Å². The van der Waals surface area contributed by atoms with Crippen LogP contribution in [0.3, 0.4) is 0 Å². The van der Waals surface area contributed by atoms with Crippen LogP contribution in [0.25, 0.3) is 21.5 Å². The van der Waals surface area contributed by atoms with E-state index in [1.54, 1.807) is 44.1 Å². The fourth-order valence-corrected chi connectivity index (χ4v) is 9.54. The number of fused-ring (bicyclic) bond motifs is 3. The summed E-state index contributed by atoms with van der Waals surface area (Å²) in [7, 11) is 0. The van der Waals surface area contributed by atoms with Gasteiger partial charge in [0.1, 0.15) is 0 Å². The van der Waals surface area contributed by atoms with Crippen LogP contribution in [-0.2, 0) is 41.2 Å². The molecule has 4 fully saturated rings. The van der Waals surface area contributed by atoms with Crippen molar-refractivity contribution in [1.29, 1.82) is 0 Å². The maximum Gasteiger partial charge on any atom is -1.00 e. The van der Waals surface area contributed by atoms with Crippen LogP contribution in [0.5, 0.6) is 0 Å². The molecule has 286 valence electrons. The SMILES string of the molecule is CC(C)(C)c1ccc2c(c1)[cH-]c1cc(C(C)(C)C)ccc12.CC1=[C-]C(C)C=C1CC12CC3CC(CC(C3)C1)C2.FC(F)(F)c1cc[c-]cc1.[CH2]=[Zr+2].[Cl-].[Cl-]. The minimum absolute atomic E-state index is 0.